The maximum Gasteiger partial charge on any atom is 0.229 e. The van der Waals surface area contributed by atoms with Crippen molar-refractivity contribution in [3.8, 4) is 5.69 Å². The Balaban J connectivity index is 1.48. The van der Waals surface area contributed by atoms with E-state index in [4.69, 9.17) is 0 Å². The summed E-state index contributed by atoms with van der Waals surface area (Å²) < 4.78 is 4.04. The molecular weight excluding hydrogens is 276 g/mol. The van der Waals surface area contributed by atoms with Gasteiger partial charge in [0.25, 0.3) is 0 Å². The smallest absolute Gasteiger partial charge is 0.229 e. The molecule has 1 N–H and O–H groups in total. The molecule has 0 radical (unpaired) electrons. The summed E-state index contributed by atoms with van der Waals surface area (Å²) in [6.45, 7) is 1.72. The van der Waals surface area contributed by atoms with E-state index in [1.165, 1.54) is 18.5 Å². The maximum atomic E-state index is 4.41. The van der Waals surface area contributed by atoms with Gasteiger partial charge in [-0.05, 0) is 37.0 Å². The molecule has 4 rings (SSSR count). The number of nitrogens with zero attached hydrogens (tertiary/aromatic N) is 5. The summed E-state index contributed by atoms with van der Waals surface area (Å²) >= 11 is 0. The Morgan fingerprint density at radius 1 is 1.14 bits per heavy atom. The Morgan fingerprint density at radius 2 is 2.00 bits per heavy atom. The molecule has 2 heterocycles. The first-order valence-corrected chi connectivity index (χ1v) is 7.60. The summed E-state index contributed by atoms with van der Waals surface area (Å²) in [5.74, 6) is 1.55. The van der Waals surface area contributed by atoms with Crippen molar-refractivity contribution in [3.05, 3.63) is 54.6 Å². The van der Waals surface area contributed by atoms with Gasteiger partial charge in [0, 0.05) is 12.7 Å². The molecule has 0 unspecified atom stereocenters. The van der Waals surface area contributed by atoms with Gasteiger partial charge in [0.15, 0.2) is 0 Å². The predicted octanol–water partition coefficient (Wildman–Crippen LogP) is 2.49. The molecule has 0 amide bonds. The number of nitrogens with one attached hydrogen (secondary N) is 1. The van der Waals surface area contributed by atoms with Crippen LogP contribution in [0.1, 0.15) is 18.5 Å². The minimum atomic E-state index is 0.693. The Morgan fingerprint density at radius 3 is 2.82 bits per heavy atom. The molecule has 1 aliphatic rings. The van der Waals surface area contributed by atoms with Crippen molar-refractivity contribution in [2.24, 2.45) is 5.92 Å². The Kier molecular flexibility index (Phi) is 3.34. The fraction of sp³-hybridized carbons (Fsp3) is 0.312. The van der Waals surface area contributed by atoms with Crippen molar-refractivity contribution >= 4 is 5.95 Å². The summed E-state index contributed by atoms with van der Waals surface area (Å²) in [4.78, 5) is 0. The summed E-state index contributed by atoms with van der Waals surface area (Å²) in [5.41, 5.74) is 2.22. The molecule has 3 aromatic rings. The molecule has 6 nitrogen and oxygen atoms in total. The van der Waals surface area contributed by atoms with Crippen LogP contribution in [-0.4, -0.2) is 24.5 Å². The first-order chi connectivity index (χ1) is 10.9. The number of benzene rings is 1. The fourth-order valence-corrected chi connectivity index (χ4v) is 2.52. The fourth-order valence-electron chi connectivity index (χ4n) is 2.52. The Labute approximate surface area is 128 Å². The van der Waals surface area contributed by atoms with Gasteiger partial charge in [-0.25, -0.2) is 0 Å². The van der Waals surface area contributed by atoms with Crippen molar-refractivity contribution in [1.82, 2.24) is 24.5 Å². The SMILES string of the molecule is c1ccc(-n2cnnc2NCc2ccnn2CC2CC2)cc1. The summed E-state index contributed by atoms with van der Waals surface area (Å²) in [6, 6.07) is 12.1. The highest BCUT2D eigenvalue weighted by Gasteiger charge is 2.22. The first-order valence-electron chi connectivity index (χ1n) is 7.60. The monoisotopic (exact) mass is 294 g/mol. The molecule has 0 spiro atoms. The molecule has 22 heavy (non-hydrogen) atoms. The Bertz CT molecular complexity index is 741. The number of para-hydroxylation sites is 1. The number of rotatable bonds is 6. The molecule has 6 heteroatoms. The van der Waals surface area contributed by atoms with E-state index in [1.54, 1.807) is 6.33 Å². The van der Waals surface area contributed by atoms with Crippen molar-refractivity contribution in [2.75, 3.05) is 5.32 Å². The average Bonchev–Trinajstić information content (AvgIpc) is 3.07. The second kappa shape index (κ2) is 5.63. The summed E-state index contributed by atoms with van der Waals surface area (Å²) in [6.07, 6.45) is 6.24. The van der Waals surface area contributed by atoms with Gasteiger partial charge in [0.2, 0.25) is 5.95 Å². The third-order valence-corrected chi connectivity index (χ3v) is 3.94. The largest absolute Gasteiger partial charge is 0.348 e. The van der Waals surface area contributed by atoms with E-state index in [0.717, 1.165) is 24.1 Å². The lowest BCUT2D eigenvalue weighted by Crippen LogP contribution is -2.12. The predicted molar refractivity (Wildman–Crippen MR) is 83.6 cm³/mol. The second-order valence-corrected chi connectivity index (χ2v) is 5.66. The molecule has 1 aliphatic carbocycles. The highest BCUT2D eigenvalue weighted by molar-refractivity contribution is 5.40. The van der Waals surface area contributed by atoms with Gasteiger partial charge in [-0.2, -0.15) is 5.10 Å². The quantitative estimate of drug-likeness (QED) is 0.759. The van der Waals surface area contributed by atoms with Crippen LogP contribution in [0.3, 0.4) is 0 Å². The van der Waals surface area contributed by atoms with Gasteiger partial charge in [-0.1, -0.05) is 18.2 Å². The molecule has 112 valence electrons. The third-order valence-electron chi connectivity index (χ3n) is 3.94. The van der Waals surface area contributed by atoms with E-state index in [1.807, 2.05) is 41.1 Å². The van der Waals surface area contributed by atoms with E-state index in [-0.39, 0.29) is 0 Å². The standard InChI is InChI=1S/C16H18N6/c1-2-4-14(5-3-1)21-12-18-20-16(21)17-10-15-8-9-19-22(15)11-13-6-7-13/h1-5,8-9,12-13H,6-7,10-11H2,(H,17,20). The van der Waals surface area contributed by atoms with E-state index in [0.29, 0.717) is 6.54 Å². The normalized spacial score (nSPS) is 14.2. The zero-order chi connectivity index (χ0) is 14.8. The zero-order valence-electron chi connectivity index (χ0n) is 12.3. The highest BCUT2D eigenvalue weighted by atomic mass is 15.3. The van der Waals surface area contributed by atoms with E-state index >= 15 is 0 Å². The van der Waals surface area contributed by atoms with Crippen molar-refractivity contribution in [2.45, 2.75) is 25.9 Å². The van der Waals surface area contributed by atoms with Gasteiger partial charge < -0.3 is 5.32 Å². The lowest BCUT2D eigenvalue weighted by Gasteiger charge is -2.10. The molecule has 1 fully saturated rings. The summed E-state index contributed by atoms with van der Waals surface area (Å²) in [5, 5.41) is 15.9. The minimum absolute atomic E-state index is 0.693. The van der Waals surface area contributed by atoms with Crippen LogP contribution < -0.4 is 5.32 Å². The molecule has 1 aromatic carbocycles. The van der Waals surface area contributed by atoms with E-state index < -0.39 is 0 Å². The number of hydrogen-bond acceptors (Lipinski definition) is 4. The van der Waals surface area contributed by atoms with E-state index in [2.05, 4.69) is 31.4 Å². The van der Waals surface area contributed by atoms with Crippen LogP contribution >= 0.6 is 0 Å². The highest BCUT2D eigenvalue weighted by Crippen LogP contribution is 2.30. The molecule has 2 aromatic heterocycles. The van der Waals surface area contributed by atoms with Crippen LogP contribution in [0.25, 0.3) is 5.69 Å². The number of aromatic nitrogens is 5. The summed E-state index contributed by atoms with van der Waals surface area (Å²) in [7, 11) is 0. The first kappa shape index (κ1) is 13.1. The third kappa shape index (κ3) is 2.72. The zero-order valence-corrected chi connectivity index (χ0v) is 12.3. The average molecular weight is 294 g/mol. The molecule has 0 atom stereocenters. The second-order valence-electron chi connectivity index (χ2n) is 5.66. The van der Waals surface area contributed by atoms with Crippen molar-refractivity contribution < 1.29 is 0 Å². The van der Waals surface area contributed by atoms with Gasteiger partial charge in [-0.3, -0.25) is 9.25 Å². The van der Waals surface area contributed by atoms with Crippen molar-refractivity contribution in [1.29, 1.82) is 0 Å². The number of anilines is 1. The van der Waals surface area contributed by atoms with Crippen LogP contribution in [0.2, 0.25) is 0 Å². The van der Waals surface area contributed by atoms with Crippen LogP contribution in [-0.2, 0) is 13.1 Å². The van der Waals surface area contributed by atoms with Crippen LogP contribution in [0.15, 0.2) is 48.9 Å². The van der Waals surface area contributed by atoms with Gasteiger partial charge >= 0.3 is 0 Å². The minimum Gasteiger partial charge on any atom is -0.348 e. The van der Waals surface area contributed by atoms with Gasteiger partial charge in [0.05, 0.1) is 17.9 Å². The maximum absolute atomic E-state index is 4.41. The van der Waals surface area contributed by atoms with Gasteiger partial charge in [0.1, 0.15) is 6.33 Å². The van der Waals surface area contributed by atoms with Crippen LogP contribution in [0.4, 0.5) is 5.95 Å². The number of hydrogen-bond donors (Lipinski definition) is 1. The lowest BCUT2D eigenvalue weighted by atomic mass is 10.3. The van der Waals surface area contributed by atoms with E-state index in [9.17, 15) is 0 Å². The topological polar surface area (TPSA) is 60.6 Å². The lowest BCUT2D eigenvalue weighted by molar-refractivity contribution is 0.542. The molecular formula is C16H18N6. The van der Waals surface area contributed by atoms with Gasteiger partial charge in [-0.15, -0.1) is 10.2 Å². The van der Waals surface area contributed by atoms with Crippen LogP contribution in [0.5, 0.6) is 0 Å². The molecule has 1 saturated carbocycles. The molecule has 0 bridgehead atoms. The molecule has 0 aliphatic heterocycles. The molecule has 0 saturated heterocycles. The van der Waals surface area contributed by atoms with Crippen molar-refractivity contribution in [3.63, 3.8) is 0 Å². The van der Waals surface area contributed by atoms with Crippen LogP contribution in [0, 0.1) is 5.92 Å². The Hall–Kier alpha value is -2.63.